The van der Waals surface area contributed by atoms with Gasteiger partial charge in [-0.3, -0.25) is 4.79 Å². The molecule has 0 aromatic carbocycles. The summed E-state index contributed by atoms with van der Waals surface area (Å²) >= 11 is 0. The molecule has 1 saturated carbocycles. The van der Waals surface area contributed by atoms with Crippen molar-refractivity contribution in [3.05, 3.63) is 33.9 Å². The van der Waals surface area contributed by atoms with Crippen molar-refractivity contribution in [2.45, 2.75) is 38.5 Å². The predicted octanol–water partition coefficient (Wildman–Crippen LogP) is 2.09. The molecule has 0 radical (unpaired) electrons. The van der Waals surface area contributed by atoms with Gasteiger partial charge in [-0.2, -0.15) is 0 Å². The highest BCUT2D eigenvalue weighted by atomic mass is 16.5. The molecule has 126 valence electrons. The number of nitrogens with zero attached hydrogens (tertiary/aromatic N) is 3. The molecule has 24 heavy (non-hydrogen) atoms. The molecule has 6 heteroatoms. The third kappa shape index (κ3) is 2.77. The van der Waals surface area contributed by atoms with Crippen LogP contribution in [-0.2, 0) is 19.9 Å². The van der Waals surface area contributed by atoms with Gasteiger partial charge in [-0.25, -0.2) is 9.97 Å². The summed E-state index contributed by atoms with van der Waals surface area (Å²) in [7, 11) is 1.79. The van der Waals surface area contributed by atoms with Gasteiger partial charge in [0.15, 0.2) is 5.75 Å². The maximum absolute atomic E-state index is 12.4. The molecule has 2 N–H and O–H groups in total. The highest BCUT2D eigenvalue weighted by Gasteiger charge is 2.25. The average molecular weight is 326 g/mol. The van der Waals surface area contributed by atoms with Crippen LogP contribution in [0.3, 0.4) is 0 Å². The Morgan fingerprint density at radius 1 is 1.29 bits per heavy atom. The van der Waals surface area contributed by atoms with E-state index in [9.17, 15) is 4.79 Å². The Morgan fingerprint density at radius 3 is 2.79 bits per heavy atom. The summed E-state index contributed by atoms with van der Waals surface area (Å²) in [6, 6.07) is 0. The number of hydrogen-bond acceptors (Lipinski definition) is 5. The fourth-order valence-corrected chi connectivity index (χ4v) is 3.36. The van der Waals surface area contributed by atoms with E-state index < -0.39 is 0 Å². The number of rotatable bonds is 4. The average Bonchev–Trinajstić information content (AvgIpc) is 3.41. The van der Waals surface area contributed by atoms with Crippen molar-refractivity contribution in [2.75, 3.05) is 12.3 Å². The predicted molar refractivity (Wildman–Crippen MR) is 92.0 cm³/mol. The number of nitrogen functional groups attached to an aromatic ring is 1. The Balaban J connectivity index is 1.84. The molecule has 1 fully saturated rings. The van der Waals surface area contributed by atoms with Crippen molar-refractivity contribution in [1.29, 1.82) is 0 Å². The summed E-state index contributed by atoms with van der Waals surface area (Å²) in [5.41, 5.74) is 9.59. The van der Waals surface area contributed by atoms with Crippen LogP contribution in [0.2, 0.25) is 0 Å². The second-order valence-corrected chi connectivity index (χ2v) is 6.82. The highest BCUT2D eigenvalue weighted by Crippen LogP contribution is 2.36. The van der Waals surface area contributed by atoms with Crippen LogP contribution in [0, 0.1) is 5.92 Å². The Bertz CT molecular complexity index is 840. The molecule has 2 aromatic heterocycles. The molecule has 2 heterocycles. The largest absolute Gasteiger partial charge is 0.489 e. The first-order chi connectivity index (χ1) is 11.6. The van der Waals surface area contributed by atoms with Crippen molar-refractivity contribution in [2.24, 2.45) is 13.0 Å². The van der Waals surface area contributed by atoms with Crippen LogP contribution >= 0.6 is 0 Å². The molecule has 2 aromatic rings. The van der Waals surface area contributed by atoms with Gasteiger partial charge in [0.1, 0.15) is 5.69 Å². The zero-order valence-electron chi connectivity index (χ0n) is 13.9. The quantitative estimate of drug-likeness (QED) is 0.930. The molecular weight excluding hydrogens is 304 g/mol. The molecule has 0 bridgehead atoms. The zero-order chi connectivity index (χ0) is 16.7. The molecule has 0 saturated heterocycles. The Labute approximate surface area is 140 Å². The second-order valence-electron chi connectivity index (χ2n) is 6.82. The SMILES string of the molecule is Cn1cc(-c2nc(N)ncc2OCC2CC2)c2c(c1=O)CCCC2. The van der Waals surface area contributed by atoms with E-state index in [4.69, 9.17) is 10.5 Å². The van der Waals surface area contributed by atoms with E-state index >= 15 is 0 Å². The molecule has 0 spiro atoms. The van der Waals surface area contributed by atoms with E-state index in [1.807, 2.05) is 6.20 Å². The summed E-state index contributed by atoms with van der Waals surface area (Å²) < 4.78 is 7.61. The van der Waals surface area contributed by atoms with E-state index in [1.165, 1.54) is 12.8 Å². The Kier molecular flexibility index (Phi) is 3.75. The van der Waals surface area contributed by atoms with Crippen molar-refractivity contribution in [1.82, 2.24) is 14.5 Å². The highest BCUT2D eigenvalue weighted by molar-refractivity contribution is 5.71. The lowest BCUT2D eigenvalue weighted by molar-refractivity contribution is 0.299. The van der Waals surface area contributed by atoms with Crippen LogP contribution in [0.15, 0.2) is 17.2 Å². The lowest BCUT2D eigenvalue weighted by Crippen LogP contribution is -2.25. The molecule has 2 aliphatic rings. The lowest BCUT2D eigenvalue weighted by Gasteiger charge is -2.21. The van der Waals surface area contributed by atoms with E-state index in [1.54, 1.807) is 17.8 Å². The van der Waals surface area contributed by atoms with Gasteiger partial charge < -0.3 is 15.0 Å². The fraction of sp³-hybridized carbons (Fsp3) is 0.500. The number of aryl methyl sites for hydroxylation is 1. The van der Waals surface area contributed by atoms with Crippen molar-refractivity contribution >= 4 is 5.95 Å². The van der Waals surface area contributed by atoms with E-state index in [-0.39, 0.29) is 11.5 Å². The number of anilines is 1. The second kappa shape index (κ2) is 5.92. The summed E-state index contributed by atoms with van der Waals surface area (Å²) in [5.74, 6) is 1.52. The first-order valence-electron chi connectivity index (χ1n) is 8.60. The number of pyridine rings is 1. The molecule has 6 nitrogen and oxygen atoms in total. The lowest BCUT2D eigenvalue weighted by atomic mass is 9.88. The number of ether oxygens (including phenoxy) is 1. The molecule has 0 unspecified atom stereocenters. The summed E-state index contributed by atoms with van der Waals surface area (Å²) in [5, 5.41) is 0. The Morgan fingerprint density at radius 2 is 2.04 bits per heavy atom. The van der Waals surface area contributed by atoms with Crippen LogP contribution in [0.25, 0.3) is 11.3 Å². The van der Waals surface area contributed by atoms with Gasteiger partial charge >= 0.3 is 0 Å². The van der Waals surface area contributed by atoms with Gasteiger partial charge in [0.2, 0.25) is 5.95 Å². The maximum Gasteiger partial charge on any atom is 0.253 e. The Hall–Kier alpha value is -2.37. The molecule has 0 amide bonds. The number of fused-ring (bicyclic) bond motifs is 1. The standard InChI is InChI=1S/C18H22N4O2/c1-22-9-14(12-4-2-3-5-13(12)17(22)23)16-15(8-20-18(19)21-16)24-10-11-6-7-11/h8-9,11H,2-7,10H2,1H3,(H2,19,20,21). The summed E-state index contributed by atoms with van der Waals surface area (Å²) in [6.07, 6.45) is 9.83. The van der Waals surface area contributed by atoms with Crippen molar-refractivity contribution < 1.29 is 4.74 Å². The number of aromatic nitrogens is 3. The number of hydrogen-bond donors (Lipinski definition) is 1. The van der Waals surface area contributed by atoms with Crippen LogP contribution in [0.4, 0.5) is 5.95 Å². The van der Waals surface area contributed by atoms with Gasteiger partial charge in [-0.15, -0.1) is 0 Å². The maximum atomic E-state index is 12.4. The molecule has 0 aliphatic heterocycles. The minimum absolute atomic E-state index is 0.0935. The first kappa shape index (κ1) is 15.2. The third-order valence-electron chi connectivity index (χ3n) is 4.89. The topological polar surface area (TPSA) is 83.0 Å². The monoisotopic (exact) mass is 326 g/mol. The van der Waals surface area contributed by atoms with E-state index in [0.29, 0.717) is 24.0 Å². The smallest absolute Gasteiger partial charge is 0.253 e. The first-order valence-corrected chi connectivity index (χ1v) is 8.60. The zero-order valence-corrected chi connectivity index (χ0v) is 13.9. The normalized spacial score (nSPS) is 16.7. The van der Waals surface area contributed by atoms with Crippen LogP contribution in [0.5, 0.6) is 5.75 Å². The van der Waals surface area contributed by atoms with Gasteiger partial charge in [-0.05, 0) is 50.0 Å². The van der Waals surface area contributed by atoms with Gasteiger partial charge in [0.05, 0.1) is 12.8 Å². The minimum atomic E-state index is 0.0935. The third-order valence-corrected chi connectivity index (χ3v) is 4.89. The summed E-state index contributed by atoms with van der Waals surface area (Å²) in [6.45, 7) is 0.689. The van der Waals surface area contributed by atoms with Crippen LogP contribution in [0.1, 0.15) is 36.8 Å². The minimum Gasteiger partial charge on any atom is -0.489 e. The fourth-order valence-electron chi connectivity index (χ4n) is 3.36. The summed E-state index contributed by atoms with van der Waals surface area (Å²) in [4.78, 5) is 21.0. The molecule has 4 rings (SSSR count). The number of nitrogens with two attached hydrogens (primary N) is 1. The van der Waals surface area contributed by atoms with Crippen LogP contribution in [-0.4, -0.2) is 21.1 Å². The van der Waals surface area contributed by atoms with Crippen molar-refractivity contribution in [3.8, 4) is 17.0 Å². The van der Waals surface area contributed by atoms with Crippen LogP contribution < -0.4 is 16.0 Å². The molecule has 0 atom stereocenters. The van der Waals surface area contributed by atoms with Gasteiger partial charge in [0, 0.05) is 24.4 Å². The van der Waals surface area contributed by atoms with Gasteiger partial charge in [0.25, 0.3) is 5.56 Å². The van der Waals surface area contributed by atoms with Gasteiger partial charge in [-0.1, -0.05) is 0 Å². The van der Waals surface area contributed by atoms with E-state index in [2.05, 4.69) is 9.97 Å². The molecular formula is C18H22N4O2. The van der Waals surface area contributed by atoms with Crippen molar-refractivity contribution in [3.63, 3.8) is 0 Å². The van der Waals surface area contributed by atoms with E-state index in [0.717, 1.165) is 42.4 Å². The molecule has 2 aliphatic carbocycles.